The van der Waals surface area contributed by atoms with E-state index in [1.165, 1.54) is 0 Å². The number of alkyl halides is 3. The summed E-state index contributed by atoms with van der Waals surface area (Å²) in [6.45, 7) is 4.02. The summed E-state index contributed by atoms with van der Waals surface area (Å²) >= 11 is 0. The SMILES string of the molecule is C=C(C(=O)C(=O)OC)/C(=C\C)C(F)(F)F. The molecule has 84 valence electrons. The van der Waals surface area contributed by atoms with Gasteiger partial charge in [0.1, 0.15) is 0 Å². The summed E-state index contributed by atoms with van der Waals surface area (Å²) in [5, 5.41) is 0. The minimum absolute atomic E-state index is 0.670. The normalized spacial score (nSPS) is 12.2. The Hall–Kier alpha value is -1.59. The Balaban J connectivity index is 5.02. The van der Waals surface area contributed by atoms with Crippen molar-refractivity contribution in [3.05, 3.63) is 23.8 Å². The van der Waals surface area contributed by atoms with Gasteiger partial charge in [-0.2, -0.15) is 13.2 Å². The molecule has 0 bridgehead atoms. The van der Waals surface area contributed by atoms with Crippen molar-refractivity contribution in [1.82, 2.24) is 0 Å². The van der Waals surface area contributed by atoms with E-state index < -0.39 is 29.1 Å². The lowest BCUT2D eigenvalue weighted by atomic mass is 10.0. The third-order valence-electron chi connectivity index (χ3n) is 1.56. The molecule has 0 aliphatic carbocycles. The topological polar surface area (TPSA) is 43.4 Å². The van der Waals surface area contributed by atoms with Crippen LogP contribution in [0.3, 0.4) is 0 Å². The maximum atomic E-state index is 12.3. The summed E-state index contributed by atoms with van der Waals surface area (Å²) in [4.78, 5) is 21.7. The summed E-state index contributed by atoms with van der Waals surface area (Å²) in [7, 11) is 0.899. The Morgan fingerprint density at radius 1 is 1.33 bits per heavy atom. The Labute approximate surface area is 84.2 Å². The third kappa shape index (κ3) is 3.23. The molecule has 0 N–H and O–H groups in total. The third-order valence-corrected chi connectivity index (χ3v) is 1.56. The van der Waals surface area contributed by atoms with E-state index in [9.17, 15) is 22.8 Å². The molecule has 0 unspecified atom stereocenters. The first kappa shape index (κ1) is 13.4. The molecular formula is C9H9F3O3. The Morgan fingerprint density at radius 2 is 1.80 bits per heavy atom. The van der Waals surface area contributed by atoms with Gasteiger partial charge in [0, 0.05) is 5.57 Å². The van der Waals surface area contributed by atoms with Crippen molar-refractivity contribution in [2.75, 3.05) is 7.11 Å². The van der Waals surface area contributed by atoms with Gasteiger partial charge in [-0.25, -0.2) is 4.79 Å². The first-order chi connectivity index (χ1) is 6.75. The van der Waals surface area contributed by atoms with Crippen LogP contribution < -0.4 is 0 Å². The molecule has 15 heavy (non-hydrogen) atoms. The first-order valence-corrected chi connectivity index (χ1v) is 3.81. The Kier molecular flexibility index (Phi) is 4.26. The predicted molar refractivity (Wildman–Crippen MR) is 46.0 cm³/mol. The highest BCUT2D eigenvalue weighted by molar-refractivity contribution is 6.41. The zero-order chi connectivity index (χ0) is 12.2. The average molecular weight is 222 g/mol. The zero-order valence-electron chi connectivity index (χ0n) is 8.14. The van der Waals surface area contributed by atoms with Crippen molar-refractivity contribution in [1.29, 1.82) is 0 Å². The monoisotopic (exact) mass is 222 g/mol. The Bertz CT molecular complexity index is 326. The Morgan fingerprint density at radius 3 is 2.07 bits per heavy atom. The van der Waals surface area contributed by atoms with Gasteiger partial charge in [0.15, 0.2) is 0 Å². The maximum absolute atomic E-state index is 12.3. The van der Waals surface area contributed by atoms with Crippen LogP contribution in [0.2, 0.25) is 0 Å². The van der Waals surface area contributed by atoms with Crippen LogP contribution in [-0.2, 0) is 14.3 Å². The minimum atomic E-state index is -4.71. The molecule has 0 saturated heterocycles. The highest BCUT2D eigenvalue weighted by Gasteiger charge is 2.38. The highest BCUT2D eigenvalue weighted by Crippen LogP contribution is 2.30. The molecule has 0 aromatic rings. The lowest BCUT2D eigenvalue weighted by Gasteiger charge is -2.11. The molecule has 3 nitrogen and oxygen atoms in total. The van der Waals surface area contributed by atoms with Crippen molar-refractivity contribution in [2.24, 2.45) is 0 Å². The van der Waals surface area contributed by atoms with Crippen molar-refractivity contribution >= 4 is 11.8 Å². The van der Waals surface area contributed by atoms with Gasteiger partial charge in [0.2, 0.25) is 0 Å². The number of hydrogen-bond acceptors (Lipinski definition) is 3. The maximum Gasteiger partial charge on any atom is 0.416 e. The molecule has 0 aliphatic rings. The quantitative estimate of drug-likeness (QED) is 0.316. The number of esters is 1. The van der Waals surface area contributed by atoms with E-state index in [2.05, 4.69) is 11.3 Å². The van der Waals surface area contributed by atoms with Crippen LogP contribution in [0.15, 0.2) is 23.8 Å². The van der Waals surface area contributed by atoms with Gasteiger partial charge < -0.3 is 4.74 Å². The fourth-order valence-electron chi connectivity index (χ4n) is 0.847. The van der Waals surface area contributed by atoms with E-state index in [0.29, 0.717) is 6.08 Å². The molecule has 0 aromatic carbocycles. The number of carbonyl (C=O) groups excluding carboxylic acids is 2. The number of methoxy groups -OCH3 is 1. The second-order valence-electron chi connectivity index (χ2n) is 2.50. The lowest BCUT2D eigenvalue weighted by molar-refractivity contribution is -0.150. The number of carbonyl (C=O) groups is 2. The van der Waals surface area contributed by atoms with Crippen LogP contribution in [0.1, 0.15) is 6.92 Å². The van der Waals surface area contributed by atoms with Gasteiger partial charge in [-0.05, 0) is 6.92 Å². The molecule has 0 aromatic heterocycles. The van der Waals surface area contributed by atoms with E-state index in [1.807, 2.05) is 0 Å². The summed E-state index contributed by atoms with van der Waals surface area (Å²) in [5.41, 5.74) is -2.16. The van der Waals surface area contributed by atoms with Crippen molar-refractivity contribution in [3.63, 3.8) is 0 Å². The lowest BCUT2D eigenvalue weighted by Crippen LogP contribution is -2.23. The summed E-state index contributed by atoms with van der Waals surface area (Å²) in [5.74, 6) is -2.77. The zero-order valence-corrected chi connectivity index (χ0v) is 8.14. The fourth-order valence-corrected chi connectivity index (χ4v) is 0.847. The van der Waals surface area contributed by atoms with E-state index in [4.69, 9.17) is 0 Å². The molecule has 0 rings (SSSR count). The fraction of sp³-hybridized carbons (Fsp3) is 0.333. The summed E-state index contributed by atoms with van der Waals surface area (Å²) in [6.07, 6.45) is -4.04. The molecule has 0 heterocycles. The average Bonchev–Trinajstić information content (AvgIpc) is 2.14. The largest absolute Gasteiger partial charge is 0.463 e. The standard InChI is InChI=1S/C9H9F3O3/c1-4-6(9(10,11)12)5(2)7(13)8(14)15-3/h4H,2H2,1,3H3/b6-4+. The van der Waals surface area contributed by atoms with E-state index in [1.54, 1.807) is 0 Å². The smallest absolute Gasteiger partial charge is 0.416 e. The number of ether oxygens (including phenoxy) is 1. The first-order valence-electron chi connectivity index (χ1n) is 3.81. The summed E-state index contributed by atoms with van der Waals surface area (Å²) in [6, 6.07) is 0. The van der Waals surface area contributed by atoms with Crippen molar-refractivity contribution in [3.8, 4) is 0 Å². The van der Waals surface area contributed by atoms with Crippen molar-refractivity contribution in [2.45, 2.75) is 13.1 Å². The highest BCUT2D eigenvalue weighted by atomic mass is 19.4. The second-order valence-corrected chi connectivity index (χ2v) is 2.50. The molecule has 0 saturated carbocycles. The van der Waals surface area contributed by atoms with Crippen LogP contribution >= 0.6 is 0 Å². The van der Waals surface area contributed by atoms with Crippen LogP contribution in [0, 0.1) is 0 Å². The van der Waals surface area contributed by atoms with Crippen LogP contribution in [0.4, 0.5) is 13.2 Å². The van der Waals surface area contributed by atoms with E-state index in [0.717, 1.165) is 14.0 Å². The minimum Gasteiger partial charge on any atom is -0.463 e. The number of halogens is 3. The molecule has 0 amide bonds. The second kappa shape index (κ2) is 4.77. The van der Waals surface area contributed by atoms with Gasteiger partial charge in [-0.15, -0.1) is 0 Å². The molecule has 0 fully saturated rings. The van der Waals surface area contributed by atoms with Crippen LogP contribution in [0.25, 0.3) is 0 Å². The van der Waals surface area contributed by atoms with E-state index >= 15 is 0 Å². The van der Waals surface area contributed by atoms with Crippen molar-refractivity contribution < 1.29 is 27.5 Å². The molecule has 0 spiro atoms. The molecule has 0 radical (unpaired) electrons. The van der Waals surface area contributed by atoms with E-state index in [-0.39, 0.29) is 0 Å². The molecule has 6 heteroatoms. The number of Topliss-reactive ketones (excluding diaryl/α,β-unsaturated/α-hetero) is 1. The van der Waals surface area contributed by atoms with Gasteiger partial charge in [-0.3, -0.25) is 4.79 Å². The van der Waals surface area contributed by atoms with Gasteiger partial charge in [-0.1, -0.05) is 12.7 Å². The number of rotatable bonds is 3. The predicted octanol–water partition coefficient (Wildman–Crippen LogP) is 1.79. The van der Waals surface area contributed by atoms with Crippen LogP contribution in [0.5, 0.6) is 0 Å². The number of ketones is 1. The number of hydrogen-bond donors (Lipinski definition) is 0. The number of allylic oxidation sites excluding steroid dienone is 2. The molecular weight excluding hydrogens is 213 g/mol. The molecule has 0 atom stereocenters. The van der Waals surface area contributed by atoms with Gasteiger partial charge in [0.05, 0.1) is 12.7 Å². The van der Waals surface area contributed by atoms with Gasteiger partial charge in [0.25, 0.3) is 5.78 Å². The molecule has 0 aliphatic heterocycles. The van der Waals surface area contributed by atoms with Gasteiger partial charge >= 0.3 is 12.1 Å². The van der Waals surface area contributed by atoms with Crippen LogP contribution in [-0.4, -0.2) is 25.0 Å². The summed E-state index contributed by atoms with van der Waals surface area (Å²) < 4.78 is 40.8.